The van der Waals surface area contributed by atoms with E-state index in [2.05, 4.69) is 13.8 Å². The monoisotopic (exact) mass is 265 g/mol. The van der Waals surface area contributed by atoms with Gasteiger partial charge in [0.15, 0.2) is 0 Å². The second kappa shape index (κ2) is 5.24. The van der Waals surface area contributed by atoms with Crippen LogP contribution in [-0.2, 0) is 4.74 Å². The summed E-state index contributed by atoms with van der Waals surface area (Å²) < 4.78 is 11.6. The van der Waals surface area contributed by atoms with Gasteiger partial charge in [0.2, 0.25) is 0 Å². The third-order valence-corrected chi connectivity index (χ3v) is 3.36. The summed E-state index contributed by atoms with van der Waals surface area (Å²) in [6.07, 6.45) is 2.33. The lowest BCUT2D eigenvalue weighted by Gasteiger charge is -2.19. The Kier molecular flexibility index (Phi) is 3.88. The van der Waals surface area contributed by atoms with E-state index in [0.29, 0.717) is 11.6 Å². The lowest BCUT2D eigenvalue weighted by atomic mass is 10.1. The van der Waals surface area contributed by atoms with Crippen LogP contribution in [0.25, 0.3) is 0 Å². The molecule has 1 aromatic rings. The zero-order chi connectivity index (χ0) is 13.2. The maximum absolute atomic E-state index is 5.87. The number of rotatable bonds is 4. The molecule has 2 rings (SSSR count). The molecule has 0 radical (unpaired) electrons. The number of thiocarbonyl (C=S) groups is 1. The summed E-state index contributed by atoms with van der Waals surface area (Å²) in [6, 6.07) is 7.51. The van der Waals surface area contributed by atoms with Gasteiger partial charge >= 0.3 is 0 Å². The average molecular weight is 265 g/mol. The van der Waals surface area contributed by atoms with Crippen LogP contribution >= 0.6 is 12.2 Å². The molecule has 0 bridgehead atoms. The zero-order valence-corrected chi connectivity index (χ0v) is 11.6. The van der Waals surface area contributed by atoms with E-state index in [-0.39, 0.29) is 11.7 Å². The first kappa shape index (κ1) is 13.3. The highest BCUT2D eigenvalue weighted by molar-refractivity contribution is 7.80. The Morgan fingerprint density at radius 3 is 2.61 bits per heavy atom. The Hall–Kier alpha value is -1.13. The van der Waals surface area contributed by atoms with Crippen molar-refractivity contribution in [3.8, 4) is 5.75 Å². The molecule has 0 spiro atoms. The SMILES string of the molecule is CC1(C)CCC(COc2ccc(C(N)=S)cc2)O1. The van der Waals surface area contributed by atoms with Crippen molar-refractivity contribution in [3.05, 3.63) is 29.8 Å². The molecule has 1 fully saturated rings. The highest BCUT2D eigenvalue weighted by Gasteiger charge is 2.31. The second-order valence-corrected chi connectivity index (χ2v) is 5.68. The van der Waals surface area contributed by atoms with Gasteiger partial charge < -0.3 is 15.2 Å². The fourth-order valence-corrected chi connectivity index (χ4v) is 2.24. The summed E-state index contributed by atoms with van der Waals surface area (Å²) in [5, 5.41) is 0. The second-order valence-electron chi connectivity index (χ2n) is 5.24. The summed E-state index contributed by atoms with van der Waals surface area (Å²) in [4.78, 5) is 0.405. The van der Waals surface area contributed by atoms with E-state index in [0.717, 1.165) is 24.2 Å². The van der Waals surface area contributed by atoms with Crippen molar-refractivity contribution < 1.29 is 9.47 Å². The van der Waals surface area contributed by atoms with Crippen molar-refractivity contribution in [2.24, 2.45) is 5.73 Å². The molecule has 1 heterocycles. The highest BCUT2D eigenvalue weighted by atomic mass is 32.1. The van der Waals surface area contributed by atoms with E-state index in [4.69, 9.17) is 27.4 Å². The Morgan fingerprint density at radius 1 is 1.44 bits per heavy atom. The molecule has 0 amide bonds. The predicted molar refractivity (Wildman–Crippen MR) is 76.0 cm³/mol. The summed E-state index contributed by atoms with van der Waals surface area (Å²) in [7, 11) is 0. The van der Waals surface area contributed by atoms with E-state index >= 15 is 0 Å². The molecule has 2 N–H and O–H groups in total. The normalized spacial score (nSPS) is 21.8. The fourth-order valence-electron chi connectivity index (χ4n) is 2.10. The number of hydrogen-bond donors (Lipinski definition) is 1. The number of ether oxygens (including phenoxy) is 2. The van der Waals surface area contributed by atoms with Crippen LogP contribution in [0.3, 0.4) is 0 Å². The van der Waals surface area contributed by atoms with Gasteiger partial charge in [0, 0.05) is 5.56 Å². The summed E-state index contributed by atoms with van der Waals surface area (Å²) in [6.45, 7) is 4.82. The van der Waals surface area contributed by atoms with Crippen molar-refractivity contribution >= 4 is 17.2 Å². The van der Waals surface area contributed by atoms with Crippen LogP contribution in [0.5, 0.6) is 5.75 Å². The van der Waals surface area contributed by atoms with Crippen LogP contribution in [0.2, 0.25) is 0 Å². The molecular weight excluding hydrogens is 246 g/mol. The van der Waals surface area contributed by atoms with Gasteiger partial charge in [-0.3, -0.25) is 0 Å². The minimum Gasteiger partial charge on any atom is -0.491 e. The summed E-state index contributed by atoms with van der Waals surface area (Å²) in [5.74, 6) is 0.823. The summed E-state index contributed by atoms with van der Waals surface area (Å²) in [5.41, 5.74) is 6.38. The average Bonchev–Trinajstić information content (AvgIpc) is 2.67. The third-order valence-electron chi connectivity index (χ3n) is 3.13. The first-order valence-corrected chi connectivity index (χ1v) is 6.58. The Bertz CT molecular complexity index is 428. The number of hydrogen-bond acceptors (Lipinski definition) is 3. The maximum Gasteiger partial charge on any atom is 0.119 e. The Balaban J connectivity index is 1.85. The van der Waals surface area contributed by atoms with Gasteiger partial charge in [0.05, 0.1) is 11.7 Å². The number of benzene rings is 1. The van der Waals surface area contributed by atoms with Crippen LogP contribution in [-0.4, -0.2) is 23.3 Å². The third kappa shape index (κ3) is 3.43. The van der Waals surface area contributed by atoms with Gasteiger partial charge in [0.25, 0.3) is 0 Å². The minimum atomic E-state index is -0.0103. The van der Waals surface area contributed by atoms with E-state index in [1.807, 2.05) is 24.3 Å². The molecule has 0 aliphatic carbocycles. The Labute approximate surface area is 113 Å². The van der Waals surface area contributed by atoms with Crippen molar-refractivity contribution in [1.82, 2.24) is 0 Å². The minimum absolute atomic E-state index is 0.0103. The van der Waals surface area contributed by atoms with E-state index in [9.17, 15) is 0 Å². The molecule has 98 valence electrons. The van der Waals surface area contributed by atoms with Gasteiger partial charge in [-0.1, -0.05) is 12.2 Å². The molecule has 0 saturated carbocycles. The van der Waals surface area contributed by atoms with Crippen LogP contribution in [0.4, 0.5) is 0 Å². The molecule has 1 aliphatic heterocycles. The molecule has 1 aliphatic rings. The van der Waals surface area contributed by atoms with Gasteiger partial charge in [-0.2, -0.15) is 0 Å². The molecule has 1 saturated heterocycles. The van der Waals surface area contributed by atoms with Crippen molar-refractivity contribution in [1.29, 1.82) is 0 Å². The Morgan fingerprint density at radius 2 is 2.11 bits per heavy atom. The predicted octanol–water partition coefficient (Wildman–Crippen LogP) is 2.66. The lowest BCUT2D eigenvalue weighted by Crippen LogP contribution is -2.23. The molecule has 3 nitrogen and oxygen atoms in total. The molecule has 1 unspecified atom stereocenters. The first-order valence-electron chi connectivity index (χ1n) is 6.17. The largest absolute Gasteiger partial charge is 0.491 e. The molecule has 1 aromatic carbocycles. The lowest BCUT2D eigenvalue weighted by molar-refractivity contribution is -0.0326. The van der Waals surface area contributed by atoms with Gasteiger partial charge in [0.1, 0.15) is 17.3 Å². The fraction of sp³-hybridized carbons (Fsp3) is 0.500. The molecular formula is C14H19NO2S. The zero-order valence-electron chi connectivity index (χ0n) is 10.8. The van der Waals surface area contributed by atoms with Crippen LogP contribution in [0.1, 0.15) is 32.3 Å². The van der Waals surface area contributed by atoms with Crippen molar-refractivity contribution in [2.45, 2.75) is 38.4 Å². The smallest absolute Gasteiger partial charge is 0.119 e. The van der Waals surface area contributed by atoms with E-state index < -0.39 is 0 Å². The maximum atomic E-state index is 5.87. The topological polar surface area (TPSA) is 44.5 Å². The van der Waals surface area contributed by atoms with Crippen molar-refractivity contribution in [2.75, 3.05) is 6.61 Å². The van der Waals surface area contributed by atoms with Gasteiger partial charge in [-0.15, -0.1) is 0 Å². The molecule has 4 heteroatoms. The van der Waals surface area contributed by atoms with Gasteiger partial charge in [-0.25, -0.2) is 0 Å². The molecule has 18 heavy (non-hydrogen) atoms. The van der Waals surface area contributed by atoms with Crippen molar-refractivity contribution in [3.63, 3.8) is 0 Å². The van der Waals surface area contributed by atoms with Crippen LogP contribution < -0.4 is 10.5 Å². The molecule has 1 atom stereocenters. The first-order chi connectivity index (χ1) is 8.46. The van der Waals surface area contributed by atoms with Crippen LogP contribution in [0, 0.1) is 0 Å². The highest BCUT2D eigenvalue weighted by Crippen LogP contribution is 2.29. The van der Waals surface area contributed by atoms with E-state index in [1.165, 1.54) is 0 Å². The number of nitrogens with two attached hydrogens (primary N) is 1. The van der Waals surface area contributed by atoms with Crippen LogP contribution in [0.15, 0.2) is 24.3 Å². The summed E-state index contributed by atoms with van der Waals surface area (Å²) >= 11 is 4.90. The van der Waals surface area contributed by atoms with Gasteiger partial charge in [-0.05, 0) is 51.0 Å². The molecule has 0 aromatic heterocycles. The quantitative estimate of drug-likeness (QED) is 0.850. The standard InChI is InChI=1S/C14H19NO2S/c1-14(2)8-7-12(17-14)9-16-11-5-3-10(4-6-11)13(15)18/h3-6,12H,7-9H2,1-2H3,(H2,15,18). The van der Waals surface area contributed by atoms with E-state index in [1.54, 1.807) is 0 Å².